The molecule has 0 bridgehead atoms. The van der Waals surface area contributed by atoms with Gasteiger partial charge in [-0.15, -0.1) is 0 Å². The van der Waals surface area contributed by atoms with Crippen LogP contribution in [0.15, 0.2) is 18.3 Å². The molecule has 1 fully saturated rings. The third kappa shape index (κ3) is 1.19. The van der Waals surface area contributed by atoms with E-state index in [1.807, 2.05) is 12.1 Å². The van der Waals surface area contributed by atoms with Gasteiger partial charge in [-0.25, -0.2) is 4.98 Å². The summed E-state index contributed by atoms with van der Waals surface area (Å²) in [5.41, 5.74) is 1.05. The molecule has 3 heteroatoms. The molecule has 11 heavy (non-hydrogen) atoms. The summed E-state index contributed by atoms with van der Waals surface area (Å²) in [4.78, 5) is 4.06. The van der Waals surface area contributed by atoms with Gasteiger partial charge in [0.25, 0.3) is 0 Å². The van der Waals surface area contributed by atoms with Crippen LogP contribution < -0.4 is 4.74 Å². The van der Waals surface area contributed by atoms with E-state index in [2.05, 4.69) is 4.98 Å². The summed E-state index contributed by atoms with van der Waals surface area (Å²) in [6.07, 6.45) is 1.93. The van der Waals surface area contributed by atoms with E-state index in [4.69, 9.17) is 9.47 Å². The number of pyridine rings is 1. The molecule has 58 valence electrons. The Kier molecular flexibility index (Phi) is 1.51. The van der Waals surface area contributed by atoms with E-state index < -0.39 is 0 Å². The first-order valence-electron chi connectivity index (χ1n) is 3.52. The number of hydrogen-bond donors (Lipinski definition) is 0. The summed E-state index contributed by atoms with van der Waals surface area (Å²) < 4.78 is 10.2. The largest absolute Gasteiger partial charge is 0.481 e. The van der Waals surface area contributed by atoms with Crippen molar-refractivity contribution >= 4 is 0 Å². The Balaban J connectivity index is 2.34. The van der Waals surface area contributed by atoms with Crippen LogP contribution in [-0.2, 0) is 4.74 Å². The van der Waals surface area contributed by atoms with Crippen LogP contribution in [-0.4, -0.2) is 18.7 Å². The number of hydrogen-bond acceptors (Lipinski definition) is 3. The highest BCUT2D eigenvalue weighted by Crippen LogP contribution is 2.34. The fourth-order valence-electron chi connectivity index (χ4n) is 1.05. The second-order valence-corrected chi connectivity index (χ2v) is 2.42. The molecule has 1 saturated heterocycles. The Morgan fingerprint density at radius 1 is 1.73 bits per heavy atom. The Labute approximate surface area is 65.0 Å². The summed E-state index contributed by atoms with van der Waals surface area (Å²) in [6.45, 7) is 0.794. The van der Waals surface area contributed by atoms with Crippen LogP contribution in [0.25, 0.3) is 0 Å². The second-order valence-electron chi connectivity index (χ2n) is 2.42. The van der Waals surface area contributed by atoms with E-state index in [0.29, 0.717) is 5.88 Å². The lowest BCUT2D eigenvalue weighted by Gasteiger charge is -2.02. The van der Waals surface area contributed by atoms with Gasteiger partial charge in [-0.3, -0.25) is 0 Å². The zero-order valence-corrected chi connectivity index (χ0v) is 6.28. The van der Waals surface area contributed by atoms with Gasteiger partial charge in [-0.1, -0.05) is 0 Å². The second kappa shape index (κ2) is 2.51. The highest BCUT2D eigenvalue weighted by molar-refractivity contribution is 5.29. The first-order chi connectivity index (χ1) is 5.42. The van der Waals surface area contributed by atoms with E-state index in [9.17, 15) is 0 Å². The van der Waals surface area contributed by atoms with E-state index in [0.717, 1.165) is 12.2 Å². The van der Waals surface area contributed by atoms with Gasteiger partial charge in [0.1, 0.15) is 6.10 Å². The Morgan fingerprint density at radius 2 is 2.55 bits per heavy atom. The minimum Gasteiger partial charge on any atom is -0.481 e. The van der Waals surface area contributed by atoms with E-state index >= 15 is 0 Å². The van der Waals surface area contributed by atoms with Gasteiger partial charge in [0.05, 0.1) is 13.7 Å². The van der Waals surface area contributed by atoms with Gasteiger partial charge in [0, 0.05) is 11.8 Å². The lowest BCUT2D eigenvalue weighted by molar-refractivity contribution is 0.372. The van der Waals surface area contributed by atoms with Crippen molar-refractivity contribution in [1.82, 2.24) is 4.98 Å². The van der Waals surface area contributed by atoms with Crippen molar-refractivity contribution in [3.8, 4) is 5.88 Å². The molecule has 1 aliphatic heterocycles. The number of nitrogens with zero attached hydrogens (tertiary/aromatic N) is 1. The quantitative estimate of drug-likeness (QED) is 0.595. The van der Waals surface area contributed by atoms with Crippen LogP contribution in [0.4, 0.5) is 0 Å². The number of epoxide rings is 1. The van der Waals surface area contributed by atoms with Crippen LogP contribution in [0.1, 0.15) is 11.7 Å². The zero-order chi connectivity index (χ0) is 7.68. The predicted octanol–water partition coefficient (Wildman–Crippen LogP) is 1.16. The van der Waals surface area contributed by atoms with Crippen LogP contribution in [0.3, 0.4) is 0 Å². The lowest BCUT2D eigenvalue weighted by Crippen LogP contribution is -1.92. The molecule has 0 aliphatic carbocycles. The van der Waals surface area contributed by atoms with Crippen LogP contribution >= 0.6 is 0 Å². The summed E-state index contributed by atoms with van der Waals surface area (Å²) in [6, 6.07) is 3.86. The number of ether oxygens (including phenoxy) is 2. The maximum absolute atomic E-state index is 5.12. The lowest BCUT2D eigenvalue weighted by atomic mass is 10.2. The topological polar surface area (TPSA) is 34.6 Å². The van der Waals surface area contributed by atoms with Crippen molar-refractivity contribution in [1.29, 1.82) is 0 Å². The molecule has 1 aromatic rings. The van der Waals surface area contributed by atoms with Crippen LogP contribution in [0, 0.1) is 0 Å². The number of rotatable bonds is 2. The van der Waals surface area contributed by atoms with Crippen LogP contribution in [0.5, 0.6) is 5.88 Å². The van der Waals surface area contributed by atoms with E-state index in [-0.39, 0.29) is 6.10 Å². The summed E-state index contributed by atoms with van der Waals surface area (Å²) >= 11 is 0. The van der Waals surface area contributed by atoms with Gasteiger partial charge >= 0.3 is 0 Å². The third-order valence-corrected chi connectivity index (χ3v) is 1.67. The Bertz CT molecular complexity index is 258. The minimum atomic E-state index is 0.221. The first-order valence-corrected chi connectivity index (χ1v) is 3.52. The summed E-state index contributed by atoms with van der Waals surface area (Å²) in [7, 11) is 1.62. The molecule has 0 amide bonds. The molecule has 1 aromatic heterocycles. The van der Waals surface area contributed by atoms with Gasteiger partial charge in [-0.05, 0) is 12.1 Å². The standard InChI is InChI=1S/C8H9NO2/c1-10-8-6(7-5-11-7)3-2-4-9-8/h2-4,7H,5H2,1H3/t7-/m1/s1. The normalized spacial score (nSPS) is 21.4. The van der Waals surface area contributed by atoms with E-state index in [1.165, 1.54) is 0 Å². The maximum Gasteiger partial charge on any atom is 0.218 e. The fraction of sp³-hybridized carbons (Fsp3) is 0.375. The third-order valence-electron chi connectivity index (χ3n) is 1.67. The van der Waals surface area contributed by atoms with Crippen molar-refractivity contribution < 1.29 is 9.47 Å². The number of methoxy groups -OCH3 is 1. The Hall–Kier alpha value is -1.09. The molecular weight excluding hydrogens is 142 g/mol. The van der Waals surface area contributed by atoms with Gasteiger partial charge in [0.2, 0.25) is 5.88 Å². The summed E-state index contributed by atoms with van der Waals surface area (Å²) in [5.74, 6) is 0.676. The molecule has 2 heterocycles. The molecule has 2 rings (SSSR count). The van der Waals surface area contributed by atoms with Crippen molar-refractivity contribution in [2.24, 2.45) is 0 Å². The van der Waals surface area contributed by atoms with Crippen molar-refractivity contribution in [3.63, 3.8) is 0 Å². The van der Waals surface area contributed by atoms with Crippen molar-refractivity contribution in [2.75, 3.05) is 13.7 Å². The smallest absolute Gasteiger partial charge is 0.218 e. The Morgan fingerprint density at radius 3 is 3.18 bits per heavy atom. The van der Waals surface area contributed by atoms with Gasteiger partial charge < -0.3 is 9.47 Å². The predicted molar refractivity (Wildman–Crippen MR) is 39.5 cm³/mol. The molecule has 0 spiro atoms. The molecule has 0 saturated carbocycles. The maximum atomic E-state index is 5.12. The van der Waals surface area contributed by atoms with Gasteiger partial charge in [0.15, 0.2) is 0 Å². The average molecular weight is 151 g/mol. The highest BCUT2D eigenvalue weighted by Gasteiger charge is 2.28. The van der Waals surface area contributed by atoms with Crippen LogP contribution in [0.2, 0.25) is 0 Å². The fourth-order valence-corrected chi connectivity index (χ4v) is 1.05. The first kappa shape index (κ1) is 6.61. The molecule has 0 N–H and O–H groups in total. The molecule has 0 aromatic carbocycles. The average Bonchev–Trinajstić information content (AvgIpc) is 2.87. The molecule has 1 atom stereocenters. The summed E-state index contributed by atoms with van der Waals surface area (Å²) in [5, 5.41) is 0. The zero-order valence-electron chi connectivity index (χ0n) is 6.28. The molecule has 3 nitrogen and oxygen atoms in total. The highest BCUT2D eigenvalue weighted by atomic mass is 16.6. The van der Waals surface area contributed by atoms with Crippen molar-refractivity contribution in [3.05, 3.63) is 23.9 Å². The molecular formula is C8H9NO2. The van der Waals surface area contributed by atoms with Gasteiger partial charge in [-0.2, -0.15) is 0 Å². The minimum absolute atomic E-state index is 0.221. The SMILES string of the molecule is COc1ncccc1[C@H]1CO1. The van der Waals surface area contributed by atoms with Crippen molar-refractivity contribution in [2.45, 2.75) is 6.10 Å². The molecule has 1 aliphatic rings. The monoisotopic (exact) mass is 151 g/mol. The molecule has 0 radical (unpaired) electrons. The molecule has 0 unspecified atom stereocenters. The number of aromatic nitrogens is 1. The van der Waals surface area contributed by atoms with E-state index in [1.54, 1.807) is 13.3 Å².